The Morgan fingerprint density at radius 3 is 2.65 bits per heavy atom. The lowest BCUT2D eigenvalue weighted by Crippen LogP contribution is -2.45. The lowest BCUT2D eigenvalue weighted by atomic mass is 9.77. The van der Waals surface area contributed by atoms with E-state index in [9.17, 15) is 14.7 Å². The number of carboxylic acids is 1. The van der Waals surface area contributed by atoms with Crippen LogP contribution in [-0.4, -0.2) is 29.4 Å². The molecule has 0 radical (unpaired) electrons. The van der Waals surface area contributed by atoms with Crippen LogP contribution in [0.4, 0.5) is 0 Å². The number of rotatable bonds is 2. The molecule has 0 aromatic rings. The van der Waals surface area contributed by atoms with Crippen LogP contribution in [0, 0.1) is 17.8 Å². The summed E-state index contributed by atoms with van der Waals surface area (Å²) < 4.78 is 0. The summed E-state index contributed by atoms with van der Waals surface area (Å²) in [7, 11) is 0. The maximum absolute atomic E-state index is 11.9. The highest BCUT2D eigenvalue weighted by Crippen LogP contribution is 2.35. The Morgan fingerprint density at radius 1 is 1.35 bits per heavy atom. The van der Waals surface area contributed by atoms with E-state index in [0.29, 0.717) is 18.4 Å². The van der Waals surface area contributed by atoms with Crippen LogP contribution in [0.25, 0.3) is 0 Å². The molecule has 2 fully saturated rings. The number of carbonyl (C=O) groups is 2. The van der Waals surface area contributed by atoms with Crippen molar-refractivity contribution in [1.29, 1.82) is 0 Å². The maximum Gasteiger partial charge on any atom is 0.223 e. The zero-order valence-corrected chi connectivity index (χ0v) is 10.5. The zero-order chi connectivity index (χ0) is 12.6. The van der Waals surface area contributed by atoms with E-state index in [1.165, 1.54) is 6.42 Å². The Bertz CT molecular complexity index is 329. The molecule has 0 unspecified atom stereocenters. The quantitative estimate of drug-likeness (QED) is 0.700. The summed E-state index contributed by atoms with van der Waals surface area (Å²) >= 11 is 0. The first-order valence-corrected chi connectivity index (χ1v) is 6.51. The minimum atomic E-state index is -1.09. The molecule has 96 valence electrons. The minimum Gasteiger partial charge on any atom is -0.550 e. The molecular formula is C13H20NO3-. The molecule has 1 saturated heterocycles. The van der Waals surface area contributed by atoms with Crippen molar-refractivity contribution >= 4 is 11.9 Å². The number of aliphatic carboxylic acids is 1. The van der Waals surface area contributed by atoms with Gasteiger partial charge in [0.05, 0.1) is 0 Å². The molecule has 0 bridgehead atoms. The highest BCUT2D eigenvalue weighted by Gasteiger charge is 2.39. The number of likely N-dealkylation sites (tertiary alicyclic amines) is 1. The fourth-order valence-corrected chi connectivity index (χ4v) is 3.20. The molecular weight excluding hydrogens is 218 g/mol. The second-order valence-corrected chi connectivity index (χ2v) is 5.60. The average molecular weight is 238 g/mol. The molecule has 1 aliphatic carbocycles. The smallest absolute Gasteiger partial charge is 0.223 e. The summed E-state index contributed by atoms with van der Waals surface area (Å²) in [5, 5.41) is 10.8. The fraction of sp³-hybridized carbons (Fsp3) is 0.846. The van der Waals surface area contributed by atoms with Crippen LogP contribution >= 0.6 is 0 Å². The van der Waals surface area contributed by atoms with Gasteiger partial charge < -0.3 is 14.8 Å². The van der Waals surface area contributed by atoms with Crippen molar-refractivity contribution in [3.05, 3.63) is 0 Å². The molecule has 2 rings (SSSR count). The molecule has 0 aromatic carbocycles. The SMILES string of the molecule is C[C@@H]1[C@H](C)CCC[C@H]1N1C[C@H](C(=O)[O-])CC1=O. The van der Waals surface area contributed by atoms with Gasteiger partial charge in [-0.25, -0.2) is 0 Å². The topological polar surface area (TPSA) is 60.4 Å². The highest BCUT2D eigenvalue weighted by atomic mass is 16.4. The summed E-state index contributed by atoms with van der Waals surface area (Å²) in [4.78, 5) is 24.5. The molecule has 17 heavy (non-hydrogen) atoms. The van der Waals surface area contributed by atoms with Gasteiger partial charge in [-0.1, -0.05) is 26.7 Å². The van der Waals surface area contributed by atoms with Crippen molar-refractivity contribution in [1.82, 2.24) is 4.90 Å². The van der Waals surface area contributed by atoms with Crippen molar-refractivity contribution in [3.8, 4) is 0 Å². The standard InChI is InChI=1S/C13H21NO3/c1-8-4-3-5-11(9(8)2)14-7-10(13(16)17)6-12(14)15/h8-11H,3-7H2,1-2H3,(H,16,17)/p-1/t8-,9-,10-,11-/m1/s1. The van der Waals surface area contributed by atoms with Gasteiger partial charge in [0.1, 0.15) is 0 Å². The summed E-state index contributed by atoms with van der Waals surface area (Å²) in [5.41, 5.74) is 0. The van der Waals surface area contributed by atoms with Crippen LogP contribution in [0.1, 0.15) is 39.5 Å². The third-order valence-corrected chi connectivity index (χ3v) is 4.56. The second kappa shape index (κ2) is 4.67. The third-order valence-electron chi connectivity index (χ3n) is 4.56. The van der Waals surface area contributed by atoms with Gasteiger partial charge in [-0.2, -0.15) is 0 Å². The van der Waals surface area contributed by atoms with Gasteiger partial charge in [0.15, 0.2) is 0 Å². The van der Waals surface area contributed by atoms with Crippen LogP contribution < -0.4 is 5.11 Å². The Hall–Kier alpha value is -1.06. The third kappa shape index (κ3) is 2.31. The lowest BCUT2D eigenvalue weighted by molar-refractivity contribution is -0.311. The predicted molar refractivity (Wildman–Crippen MR) is 60.8 cm³/mol. The van der Waals surface area contributed by atoms with Gasteiger partial charge in [-0.05, 0) is 18.3 Å². The van der Waals surface area contributed by atoms with E-state index in [1.807, 2.05) is 0 Å². The van der Waals surface area contributed by atoms with Crippen molar-refractivity contribution in [2.24, 2.45) is 17.8 Å². The minimum absolute atomic E-state index is 0.00912. The Balaban J connectivity index is 2.07. The number of carbonyl (C=O) groups excluding carboxylic acids is 2. The number of hydrogen-bond donors (Lipinski definition) is 0. The normalized spacial score (nSPS) is 38.5. The first kappa shape index (κ1) is 12.4. The van der Waals surface area contributed by atoms with Crippen molar-refractivity contribution in [2.45, 2.75) is 45.6 Å². The Kier molecular flexibility index (Phi) is 3.40. The molecule has 4 atom stereocenters. The first-order valence-electron chi connectivity index (χ1n) is 6.51. The molecule has 2 aliphatic rings. The summed E-state index contributed by atoms with van der Waals surface area (Å²) in [6.45, 7) is 4.74. The van der Waals surface area contributed by atoms with Crippen LogP contribution in [0.2, 0.25) is 0 Å². The van der Waals surface area contributed by atoms with Crippen LogP contribution in [0.5, 0.6) is 0 Å². The molecule has 1 saturated carbocycles. The van der Waals surface area contributed by atoms with Crippen molar-refractivity contribution in [3.63, 3.8) is 0 Å². The van der Waals surface area contributed by atoms with Gasteiger partial charge in [-0.15, -0.1) is 0 Å². The number of carboxylic acid groups (broad SMARTS) is 1. The van der Waals surface area contributed by atoms with Crippen LogP contribution in [-0.2, 0) is 9.59 Å². The molecule has 0 aromatic heterocycles. The molecule has 1 amide bonds. The van der Waals surface area contributed by atoms with Crippen LogP contribution in [0.3, 0.4) is 0 Å². The van der Waals surface area contributed by atoms with Crippen LogP contribution in [0.15, 0.2) is 0 Å². The Morgan fingerprint density at radius 2 is 2.06 bits per heavy atom. The first-order chi connectivity index (χ1) is 8.00. The van der Waals surface area contributed by atoms with E-state index in [2.05, 4.69) is 13.8 Å². The second-order valence-electron chi connectivity index (χ2n) is 5.60. The molecule has 0 N–H and O–H groups in total. The Labute approximate surface area is 102 Å². The van der Waals surface area contributed by atoms with E-state index in [-0.39, 0.29) is 18.4 Å². The van der Waals surface area contributed by atoms with Gasteiger partial charge in [0.2, 0.25) is 5.91 Å². The summed E-state index contributed by atoms with van der Waals surface area (Å²) in [6, 6.07) is 0.232. The van der Waals surface area contributed by atoms with E-state index in [0.717, 1.165) is 12.8 Å². The van der Waals surface area contributed by atoms with Gasteiger partial charge in [0, 0.05) is 30.9 Å². The average Bonchev–Trinajstić information content (AvgIpc) is 2.65. The van der Waals surface area contributed by atoms with Gasteiger partial charge in [0.25, 0.3) is 0 Å². The summed E-state index contributed by atoms with van der Waals surface area (Å²) in [5.74, 6) is -0.619. The lowest BCUT2D eigenvalue weighted by Gasteiger charge is -2.40. The van der Waals surface area contributed by atoms with Gasteiger partial charge >= 0.3 is 0 Å². The zero-order valence-electron chi connectivity index (χ0n) is 10.5. The number of hydrogen-bond acceptors (Lipinski definition) is 3. The monoisotopic (exact) mass is 238 g/mol. The van der Waals surface area contributed by atoms with E-state index < -0.39 is 11.9 Å². The number of amides is 1. The molecule has 4 heteroatoms. The van der Waals surface area contributed by atoms with E-state index in [1.54, 1.807) is 4.90 Å². The molecule has 0 spiro atoms. The van der Waals surface area contributed by atoms with Crippen molar-refractivity contribution in [2.75, 3.05) is 6.54 Å². The molecule has 1 aliphatic heterocycles. The van der Waals surface area contributed by atoms with Crippen molar-refractivity contribution < 1.29 is 14.7 Å². The van der Waals surface area contributed by atoms with E-state index in [4.69, 9.17) is 0 Å². The van der Waals surface area contributed by atoms with E-state index >= 15 is 0 Å². The van der Waals surface area contributed by atoms with Gasteiger partial charge in [-0.3, -0.25) is 4.79 Å². The predicted octanol–water partition coefficient (Wildman–Crippen LogP) is 0.409. The number of nitrogens with zero attached hydrogens (tertiary/aromatic N) is 1. The maximum atomic E-state index is 11.9. The molecule has 1 heterocycles. The highest BCUT2D eigenvalue weighted by molar-refractivity contribution is 5.85. The summed E-state index contributed by atoms with van der Waals surface area (Å²) in [6.07, 6.45) is 3.48. The fourth-order valence-electron chi connectivity index (χ4n) is 3.20. The molecule has 4 nitrogen and oxygen atoms in total. The largest absolute Gasteiger partial charge is 0.550 e.